The predicted octanol–water partition coefficient (Wildman–Crippen LogP) is -0.398. The molecule has 0 saturated heterocycles. The van der Waals surface area contributed by atoms with Gasteiger partial charge in [-0.3, -0.25) is 4.99 Å². The summed E-state index contributed by atoms with van der Waals surface area (Å²) < 4.78 is 0. The molecule has 0 aliphatic rings. The molecule has 0 unspecified atom stereocenters. The molecule has 15 heavy (non-hydrogen) atoms. The number of halogens is 2. The summed E-state index contributed by atoms with van der Waals surface area (Å²) in [4.78, 5) is 3.88. The minimum atomic E-state index is 0. The van der Waals surface area contributed by atoms with Gasteiger partial charge < -0.3 is 17.9 Å². The first kappa shape index (κ1) is 15.0. The van der Waals surface area contributed by atoms with Gasteiger partial charge in [0.2, 0.25) is 0 Å². The van der Waals surface area contributed by atoms with E-state index in [1.807, 2.05) is 0 Å². The van der Waals surface area contributed by atoms with Crippen molar-refractivity contribution in [3.8, 4) is 6.19 Å². The van der Waals surface area contributed by atoms with Gasteiger partial charge in [0.1, 0.15) is 5.69 Å². The van der Waals surface area contributed by atoms with E-state index in [1.54, 1.807) is 24.4 Å². The molecule has 1 aromatic carbocycles. The van der Waals surface area contributed by atoms with Gasteiger partial charge in [-0.05, 0) is 17.3 Å². The molecule has 0 aliphatic carbocycles. The minimum absolute atomic E-state index is 0. The van der Waals surface area contributed by atoms with Crippen LogP contribution in [0.2, 0.25) is 10.0 Å². The van der Waals surface area contributed by atoms with Crippen LogP contribution in [0.4, 0.5) is 5.69 Å². The van der Waals surface area contributed by atoms with E-state index in [-0.39, 0.29) is 34.7 Å². The van der Waals surface area contributed by atoms with Crippen molar-refractivity contribution in [2.45, 2.75) is 0 Å². The first-order valence-electron chi connectivity index (χ1n) is 3.50. The molecule has 0 aromatic heterocycles. The van der Waals surface area contributed by atoms with Gasteiger partial charge >= 0.3 is 29.6 Å². The summed E-state index contributed by atoms with van der Waals surface area (Å²) in [6.07, 6.45) is 1.66. The molecule has 0 heterocycles. The largest absolute Gasteiger partial charge is 1.00 e. The van der Waals surface area contributed by atoms with Crippen LogP contribution in [0.3, 0.4) is 0 Å². The van der Waals surface area contributed by atoms with Crippen LogP contribution in [0, 0.1) is 11.5 Å². The summed E-state index contributed by atoms with van der Waals surface area (Å²) in [5, 5.41) is 11.3. The summed E-state index contributed by atoms with van der Waals surface area (Å²) >= 11 is 16.4. The fourth-order valence-corrected chi connectivity index (χ4v) is 1.39. The Balaban J connectivity index is 0.00000196. The second kappa shape index (κ2) is 7.29. The van der Waals surface area contributed by atoms with Crippen LogP contribution in [0.15, 0.2) is 23.2 Å². The Labute approximate surface area is 125 Å². The van der Waals surface area contributed by atoms with Crippen LogP contribution >= 0.6 is 23.2 Å². The molecule has 3 nitrogen and oxygen atoms in total. The Morgan fingerprint density at radius 1 is 1.40 bits per heavy atom. The van der Waals surface area contributed by atoms with Crippen molar-refractivity contribution in [3.05, 3.63) is 28.2 Å². The standard InChI is InChI=1S/C8H5Cl2N3S.Na/c9-5-2-1-3-6(10)7(5)13-8(14)12-4-11;/h1-3H,(H2,12,13,14);/q;+1/p-1. The summed E-state index contributed by atoms with van der Waals surface area (Å²) in [6, 6.07) is 4.98. The van der Waals surface area contributed by atoms with E-state index in [1.165, 1.54) is 0 Å². The second-order valence-electron chi connectivity index (χ2n) is 2.22. The van der Waals surface area contributed by atoms with Crippen LogP contribution in [-0.4, -0.2) is 5.17 Å². The topological polar surface area (TPSA) is 48.2 Å². The molecule has 7 heteroatoms. The van der Waals surface area contributed by atoms with E-state index < -0.39 is 0 Å². The number of benzene rings is 1. The number of amidine groups is 1. The zero-order valence-electron chi connectivity index (χ0n) is 7.79. The molecule has 1 rings (SSSR count). The van der Waals surface area contributed by atoms with Crippen molar-refractivity contribution < 1.29 is 29.6 Å². The molecular formula is C8H4Cl2N3NaS. The zero-order valence-corrected chi connectivity index (χ0v) is 12.1. The summed E-state index contributed by atoms with van der Waals surface area (Å²) in [7, 11) is 0. The van der Waals surface area contributed by atoms with Crippen molar-refractivity contribution >= 4 is 46.7 Å². The third-order valence-corrected chi connectivity index (χ3v) is 2.12. The monoisotopic (exact) mass is 267 g/mol. The molecule has 0 saturated carbocycles. The van der Waals surface area contributed by atoms with Gasteiger partial charge in [0, 0.05) is 0 Å². The summed E-state index contributed by atoms with van der Waals surface area (Å²) in [5.74, 6) is 0. The van der Waals surface area contributed by atoms with E-state index in [9.17, 15) is 0 Å². The number of hydrogen-bond acceptors (Lipinski definition) is 3. The summed E-state index contributed by atoms with van der Waals surface area (Å²) in [5.41, 5.74) is 0.364. The molecule has 0 radical (unpaired) electrons. The van der Waals surface area contributed by atoms with Crippen molar-refractivity contribution in [1.29, 1.82) is 5.26 Å². The van der Waals surface area contributed by atoms with E-state index in [2.05, 4.69) is 10.3 Å². The van der Waals surface area contributed by atoms with E-state index in [0.29, 0.717) is 15.7 Å². The van der Waals surface area contributed by atoms with Gasteiger partial charge in [-0.2, -0.15) is 5.26 Å². The number of nitriles is 1. The van der Waals surface area contributed by atoms with Gasteiger partial charge in [-0.25, -0.2) is 0 Å². The maximum Gasteiger partial charge on any atom is 1.00 e. The Hall–Kier alpha value is -0.0200. The first-order valence-corrected chi connectivity index (χ1v) is 4.66. The number of rotatable bonds is 1. The zero-order chi connectivity index (χ0) is 10.6. The SMILES string of the molecule is N#CNC([S-])=Nc1c(Cl)cccc1Cl.[Na+]. The Morgan fingerprint density at radius 2 is 1.93 bits per heavy atom. The second-order valence-corrected chi connectivity index (χ2v) is 3.43. The Bertz CT molecular complexity index is 397. The summed E-state index contributed by atoms with van der Waals surface area (Å²) in [6.45, 7) is 0. The van der Waals surface area contributed by atoms with Crippen molar-refractivity contribution in [2.24, 2.45) is 4.99 Å². The average Bonchev–Trinajstić information content (AvgIpc) is 2.12. The number of aliphatic imine (C=N–C) groups is 1. The molecule has 0 spiro atoms. The molecule has 0 bridgehead atoms. The van der Waals surface area contributed by atoms with Gasteiger partial charge in [0.15, 0.2) is 6.19 Å². The van der Waals surface area contributed by atoms with Crippen LogP contribution in [-0.2, 0) is 12.6 Å². The average molecular weight is 268 g/mol. The van der Waals surface area contributed by atoms with Gasteiger partial charge in [-0.1, -0.05) is 29.3 Å². The normalized spacial score (nSPS) is 10.1. The van der Waals surface area contributed by atoms with E-state index >= 15 is 0 Å². The smallest absolute Gasteiger partial charge is 0.742 e. The maximum atomic E-state index is 8.28. The van der Waals surface area contributed by atoms with Crippen molar-refractivity contribution in [2.75, 3.05) is 0 Å². The fraction of sp³-hybridized carbons (Fsp3) is 0. The molecule has 72 valence electrons. The predicted molar refractivity (Wildman–Crippen MR) is 59.7 cm³/mol. The third-order valence-electron chi connectivity index (χ3n) is 1.31. The fourth-order valence-electron chi connectivity index (χ4n) is 0.773. The van der Waals surface area contributed by atoms with Crippen LogP contribution in [0.1, 0.15) is 0 Å². The van der Waals surface area contributed by atoms with Crippen LogP contribution in [0.5, 0.6) is 0 Å². The van der Waals surface area contributed by atoms with Crippen molar-refractivity contribution in [1.82, 2.24) is 5.32 Å². The first-order chi connectivity index (χ1) is 6.65. The molecule has 0 aliphatic heterocycles. The Morgan fingerprint density at radius 3 is 2.40 bits per heavy atom. The number of nitrogens with one attached hydrogen (secondary N) is 1. The van der Waals surface area contributed by atoms with E-state index in [0.717, 1.165) is 0 Å². The number of hydrogen-bond donors (Lipinski definition) is 1. The number of para-hydroxylation sites is 1. The number of nitrogens with zero attached hydrogens (tertiary/aromatic N) is 2. The molecule has 0 amide bonds. The van der Waals surface area contributed by atoms with Crippen LogP contribution in [0.25, 0.3) is 0 Å². The van der Waals surface area contributed by atoms with E-state index in [4.69, 9.17) is 41.1 Å². The van der Waals surface area contributed by atoms with Gasteiger partial charge in [0.05, 0.1) is 10.0 Å². The molecular weight excluding hydrogens is 264 g/mol. The maximum absolute atomic E-state index is 8.28. The third kappa shape index (κ3) is 4.56. The van der Waals surface area contributed by atoms with Crippen molar-refractivity contribution in [3.63, 3.8) is 0 Å². The molecule has 0 atom stereocenters. The molecule has 1 N–H and O–H groups in total. The van der Waals surface area contributed by atoms with Gasteiger partial charge in [0.25, 0.3) is 0 Å². The molecule has 1 aromatic rings. The van der Waals surface area contributed by atoms with Gasteiger partial charge in [-0.15, -0.1) is 0 Å². The van der Waals surface area contributed by atoms with Crippen LogP contribution < -0.4 is 34.9 Å². The Kier molecular flexibility index (Phi) is 7.28. The molecule has 0 fully saturated rings. The quantitative estimate of drug-likeness (QED) is 0.188. The minimum Gasteiger partial charge on any atom is -0.742 e.